The molecule has 0 bridgehead atoms. The molecule has 2 rings (SSSR count). The van der Waals surface area contributed by atoms with E-state index in [-0.39, 0.29) is 23.1 Å². The van der Waals surface area contributed by atoms with Crippen LogP contribution in [-0.2, 0) is 6.54 Å². The molecule has 0 fully saturated rings. The molecule has 98 valence electrons. The van der Waals surface area contributed by atoms with Crippen LogP contribution < -0.4 is 11.1 Å². The summed E-state index contributed by atoms with van der Waals surface area (Å²) in [7, 11) is 0. The molecule has 0 saturated heterocycles. The van der Waals surface area contributed by atoms with E-state index in [0.717, 1.165) is 16.9 Å². The molecule has 7 heteroatoms. The van der Waals surface area contributed by atoms with E-state index in [4.69, 9.17) is 5.73 Å². The number of benzene rings is 1. The number of hydrogen-bond acceptors (Lipinski definition) is 4. The minimum atomic E-state index is -0.664. The number of primary amides is 1. The lowest BCUT2D eigenvalue weighted by Crippen LogP contribution is -2.23. The molecular formula is C12H10FN3O2S. The van der Waals surface area contributed by atoms with Crippen LogP contribution in [0.1, 0.15) is 25.9 Å². The zero-order chi connectivity index (χ0) is 13.8. The highest BCUT2D eigenvalue weighted by Gasteiger charge is 2.12. The topological polar surface area (TPSA) is 85.1 Å². The van der Waals surface area contributed by atoms with Crippen LogP contribution in [-0.4, -0.2) is 16.8 Å². The Bertz CT molecular complexity index is 610. The van der Waals surface area contributed by atoms with Crippen LogP contribution >= 0.6 is 11.3 Å². The van der Waals surface area contributed by atoms with Crippen LogP contribution in [0.5, 0.6) is 0 Å². The van der Waals surface area contributed by atoms with Gasteiger partial charge in [0, 0.05) is 11.9 Å². The number of nitrogens with one attached hydrogen (secondary N) is 1. The Kier molecular flexibility index (Phi) is 3.86. The quantitative estimate of drug-likeness (QED) is 0.885. The number of amides is 2. The Morgan fingerprint density at radius 2 is 2.00 bits per heavy atom. The molecule has 1 aromatic carbocycles. The van der Waals surface area contributed by atoms with Gasteiger partial charge in [-0.25, -0.2) is 9.37 Å². The van der Waals surface area contributed by atoms with Gasteiger partial charge in [-0.3, -0.25) is 9.59 Å². The third-order valence-electron chi connectivity index (χ3n) is 2.31. The molecule has 2 aromatic rings. The highest BCUT2D eigenvalue weighted by molar-refractivity contribution is 7.11. The van der Waals surface area contributed by atoms with Crippen molar-refractivity contribution in [2.75, 3.05) is 0 Å². The van der Waals surface area contributed by atoms with Crippen LogP contribution in [0.2, 0.25) is 0 Å². The number of carbonyl (C=O) groups is 2. The van der Waals surface area contributed by atoms with E-state index in [9.17, 15) is 14.0 Å². The average Bonchev–Trinajstić information content (AvgIpc) is 2.87. The molecule has 0 saturated carbocycles. The van der Waals surface area contributed by atoms with Crippen molar-refractivity contribution in [1.82, 2.24) is 10.3 Å². The van der Waals surface area contributed by atoms with Gasteiger partial charge in [-0.1, -0.05) is 12.1 Å². The number of carbonyl (C=O) groups excluding carboxylic acids is 2. The largest absolute Gasteiger partial charge is 0.364 e. The van der Waals surface area contributed by atoms with Crippen molar-refractivity contribution in [3.05, 3.63) is 51.7 Å². The predicted octanol–water partition coefficient (Wildman–Crippen LogP) is 1.31. The predicted molar refractivity (Wildman–Crippen MR) is 68.2 cm³/mol. The van der Waals surface area contributed by atoms with E-state index in [0.29, 0.717) is 0 Å². The van der Waals surface area contributed by atoms with Crippen molar-refractivity contribution in [3.63, 3.8) is 0 Å². The first-order valence-corrected chi connectivity index (χ1v) is 6.22. The van der Waals surface area contributed by atoms with Crippen molar-refractivity contribution in [1.29, 1.82) is 0 Å². The fourth-order valence-electron chi connectivity index (χ4n) is 1.37. The van der Waals surface area contributed by atoms with Gasteiger partial charge in [0.1, 0.15) is 11.5 Å². The van der Waals surface area contributed by atoms with Crippen molar-refractivity contribution < 1.29 is 14.0 Å². The Morgan fingerprint density at radius 3 is 2.58 bits per heavy atom. The van der Waals surface area contributed by atoms with Gasteiger partial charge in [0.2, 0.25) is 0 Å². The lowest BCUT2D eigenvalue weighted by molar-refractivity contribution is 0.0946. The molecule has 1 aromatic heterocycles. The van der Waals surface area contributed by atoms with E-state index in [1.54, 1.807) is 12.1 Å². The molecule has 0 unspecified atom stereocenters. The molecule has 3 N–H and O–H groups in total. The Morgan fingerprint density at radius 1 is 1.32 bits per heavy atom. The molecule has 2 amide bonds. The highest BCUT2D eigenvalue weighted by atomic mass is 32.1. The second-order valence-corrected chi connectivity index (χ2v) is 4.57. The lowest BCUT2D eigenvalue weighted by Gasteiger charge is -2.03. The maximum Gasteiger partial charge on any atom is 0.277 e. The summed E-state index contributed by atoms with van der Waals surface area (Å²) in [6.45, 7) is 0.253. The van der Waals surface area contributed by atoms with E-state index >= 15 is 0 Å². The van der Waals surface area contributed by atoms with Crippen LogP contribution in [0.3, 0.4) is 0 Å². The van der Waals surface area contributed by atoms with E-state index < -0.39 is 11.8 Å². The van der Waals surface area contributed by atoms with Crippen LogP contribution in [0, 0.1) is 5.82 Å². The number of nitrogens with two attached hydrogens (primary N) is 1. The molecule has 1 heterocycles. The van der Waals surface area contributed by atoms with Gasteiger partial charge in [-0.15, -0.1) is 11.3 Å². The second-order valence-electron chi connectivity index (χ2n) is 3.71. The fourth-order valence-corrected chi connectivity index (χ4v) is 2.02. The zero-order valence-electron chi connectivity index (χ0n) is 9.72. The van der Waals surface area contributed by atoms with Crippen LogP contribution in [0.25, 0.3) is 0 Å². The summed E-state index contributed by atoms with van der Waals surface area (Å²) in [5.41, 5.74) is 5.95. The van der Waals surface area contributed by atoms with Gasteiger partial charge in [0.05, 0.1) is 0 Å². The Hall–Kier alpha value is -2.28. The first-order valence-electron chi connectivity index (χ1n) is 5.34. The van der Waals surface area contributed by atoms with Gasteiger partial charge in [0.15, 0.2) is 5.01 Å². The van der Waals surface area contributed by atoms with Crippen LogP contribution in [0.4, 0.5) is 4.39 Å². The summed E-state index contributed by atoms with van der Waals surface area (Å²) >= 11 is 1.01. The van der Waals surface area contributed by atoms with Gasteiger partial charge in [0.25, 0.3) is 11.8 Å². The number of hydrogen-bond donors (Lipinski definition) is 2. The number of thiazole rings is 1. The molecule has 19 heavy (non-hydrogen) atoms. The molecule has 0 spiro atoms. The summed E-state index contributed by atoms with van der Waals surface area (Å²) in [5.74, 6) is -1.41. The highest BCUT2D eigenvalue weighted by Crippen LogP contribution is 2.09. The summed E-state index contributed by atoms with van der Waals surface area (Å²) < 4.78 is 12.7. The number of halogens is 1. The smallest absolute Gasteiger partial charge is 0.277 e. The van der Waals surface area contributed by atoms with Crippen molar-refractivity contribution in [3.8, 4) is 0 Å². The first-order chi connectivity index (χ1) is 9.06. The maximum absolute atomic E-state index is 12.7. The molecule has 0 radical (unpaired) electrons. The second kappa shape index (κ2) is 5.57. The molecule has 0 aliphatic heterocycles. The minimum absolute atomic E-state index is 0.0898. The van der Waals surface area contributed by atoms with Gasteiger partial charge >= 0.3 is 0 Å². The number of rotatable bonds is 4. The minimum Gasteiger partial charge on any atom is -0.364 e. The monoisotopic (exact) mass is 279 g/mol. The Labute approximate surface area is 112 Å². The number of nitrogens with zero attached hydrogens (tertiary/aromatic N) is 1. The van der Waals surface area contributed by atoms with Crippen LogP contribution in [0.15, 0.2) is 29.6 Å². The standard InChI is InChI=1S/C12H10FN3O2S/c13-8-3-1-7(2-4-8)5-15-11(18)9-6-19-12(16-9)10(14)17/h1-4,6H,5H2,(H2,14,17)(H,15,18). The van der Waals surface area contributed by atoms with Gasteiger partial charge < -0.3 is 11.1 Å². The molecule has 0 aliphatic rings. The summed E-state index contributed by atoms with van der Waals surface area (Å²) in [6, 6.07) is 5.78. The molecule has 0 atom stereocenters. The Balaban J connectivity index is 1.97. The summed E-state index contributed by atoms with van der Waals surface area (Å²) in [5, 5.41) is 4.17. The zero-order valence-corrected chi connectivity index (χ0v) is 10.5. The molecular weight excluding hydrogens is 269 g/mol. The fraction of sp³-hybridized carbons (Fsp3) is 0.0833. The summed E-state index contributed by atoms with van der Waals surface area (Å²) in [6.07, 6.45) is 0. The van der Waals surface area contributed by atoms with Gasteiger partial charge in [-0.2, -0.15) is 0 Å². The third-order valence-corrected chi connectivity index (χ3v) is 3.17. The van der Waals surface area contributed by atoms with E-state index in [2.05, 4.69) is 10.3 Å². The molecule has 5 nitrogen and oxygen atoms in total. The van der Waals surface area contributed by atoms with Crippen molar-refractivity contribution in [2.24, 2.45) is 5.73 Å². The average molecular weight is 279 g/mol. The van der Waals surface area contributed by atoms with E-state index in [1.807, 2.05) is 0 Å². The lowest BCUT2D eigenvalue weighted by atomic mass is 10.2. The first kappa shape index (κ1) is 13.2. The van der Waals surface area contributed by atoms with Gasteiger partial charge in [-0.05, 0) is 17.7 Å². The maximum atomic E-state index is 12.7. The molecule has 0 aliphatic carbocycles. The van der Waals surface area contributed by atoms with Crippen molar-refractivity contribution >= 4 is 23.2 Å². The summed E-state index contributed by atoms with van der Waals surface area (Å²) in [4.78, 5) is 26.4. The normalized spacial score (nSPS) is 10.2. The van der Waals surface area contributed by atoms with E-state index in [1.165, 1.54) is 17.5 Å². The third kappa shape index (κ3) is 3.35. The van der Waals surface area contributed by atoms with Crippen molar-refractivity contribution in [2.45, 2.75) is 6.54 Å². The SMILES string of the molecule is NC(=O)c1nc(C(=O)NCc2ccc(F)cc2)cs1. The number of aromatic nitrogens is 1.